The summed E-state index contributed by atoms with van der Waals surface area (Å²) in [7, 11) is 1.56. The number of nitrogens with zero attached hydrogens (tertiary/aromatic N) is 5. The van der Waals surface area contributed by atoms with Crippen LogP contribution in [0.25, 0.3) is 0 Å². The van der Waals surface area contributed by atoms with Crippen molar-refractivity contribution in [2.45, 2.75) is 51.2 Å². The third-order valence-electron chi connectivity index (χ3n) is 6.19. The maximum atomic E-state index is 14.7. The van der Waals surface area contributed by atoms with E-state index in [0.29, 0.717) is 42.6 Å². The second-order valence-electron chi connectivity index (χ2n) is 8.08. The molecular formula is C21H25FN6O3. The van der Waals surface area contributed by atoms with Crippen molar-refractivity contribution in [2.75, 3.05) is 22.6 Å². The molecule has 1 saturated carbocycles. The zero-order valence-corrected chi connectivity index (χ0v) is 17.5. The van der Waals surface area contributed by atoms with E-state index < -0.39 is 11.9 Å². The van der Waals surface area contributed by atoms with E-state index in [1.54, 1.807) is 37.2 Å². The largest absolute Gasteiger partial charge is 0.465 e. The molecule has 2 aromatic rings. The lowest BCUT2D eigenvalue weighted by atomic mass is 9.89. The number of para-hydroxylation sites is 1. The van der Waals surface area contributed by atoms with Crippen LogP contribution in [-0.4, -0.2) is 51.2 Å². The number of benzene rings is 1. The molecule has 1 aliphatic heterocycles. The summed E-state index contributed by atoms with van der Waals surface area (Å²) in [4.78, 5) is 37.6. The van der Waals surface area contributed by atoms with Gasteiger partial charge in [0.25, 0.3) is 0 Å². The highest BCUT2D eigenvalue weighted by atomic mass is 19.1. The molecule has 4 rings (SSSR count). The van der Waals surface area contributed by atoms with Crippen LogP contribution in [0.15, 0.2) is 24.4 Å². The molecule has 0 saturated heterocycles. The summed E-state index contributed by atoms with van der Waals surface area (Å²) >= 11 is 0. The van der Waals surface area contributed by atoms with Crippen LogP contribution in [0.4, 0.5) is 31.4 Å². The number of aromatic nitrogens is 2. The molecule has 1 aromatic carbocycles. The van der Waals surface area contributed by atoms with Crippen LogP contribution in [-0.2, 0) is 6.54 Å². The highest BCUT2D eigenvalue weighted by Crippen LogP contribution is 2.37. The molecule has 2 heterocycles. The topological polar surface area (TPSA) is 116 Å². The number of nitrogens with two attached hydrogens (primary N) is 1. The van der Waals surface area contributed by atoms with Gasteiger partial charge in [-0.25, -0.2) is 19.0 Å². The minimum atomic E-state index is -0.968. The summed E-state index contributed by atoms with van der Waals surface area (Å²) in [5, 5.41) is 9.25. The number of carboxylic acid groups (broad SMARTS) is 1. The number of hydrogen-bond donors (Lipinski definition) is 2. The molecule has 3 N–H and O–H groups in total. The van der Waals surface area contributed by atoms with E-state index in [1.165, 1.54) is 15.9 Å². The van der Waals surface area contributed by atoms with E-state index >= 15 is 0 Å². The van der Waals surface area contributed by atoms with E-state index in [1.807, 2.05) is 0 Å². The number of carbonyl (C=O) groups is 2. The summed E-state index contributed by atoms with van der Waals surface area (Å²) in [6.07, 6.45) is 3.04. The molecule has 2 aliphatic rings. The van der Waals surface area contributed by atoms with Crippen molar-refractivity contribution in [3.05, 3.63) is 41.3 Å². The number of amides is 3. The maximum absolute atomic E-state index is 14.7. The number of aryl methyl sites for hydroxylation is 1. The summed E-state index contributed by atoms with van der Waals surface area (Å²) in [6.45, 7) is 1.90. The Morgan fingerprint density at radius 2 is 2.00 bits per heavy atom. The number of nitrogen functional groups attached to an aromatic ring is 1. The second kappa shape index (κ2) is 8.01. The third kappa shape index (κ3) is 3.73. The summed E-state index contributed by atoms with van der Waals surface area (Å²) in [6, 6.07) is 4.04. The molecule has 0 bridgehead atoms. The second-order valence-corrected chi connectivity index (χ2v) is 8.08. The number of hydrogen-bond acceptors (Lipinski definition) is 5. The van der Waals surface area contributed by atoms with Gasteiger partial charge in [0.1, 0.15) is 11.6 Å². The zero-order valence-electron chi connectivity index (χ0n) is 17.5. The quantitative estimate of drug-likeness (QED) is 0.774. The highest BCUT2D eigenvalue weighted by Gasteiger charge is 2.40. The van der Waals surface area contributed by atoms with Crippen LogP contribution >= 0.6 is 0 Å². The molecule has 31 heavy (non-hydrogen) atoms. The number of anilines is 3. The highest BCUT2D eigenvalue weighted by molar-refractivity contribution is 6.06. The molecule has 0 atom stereocenters. The fraction of sp³-hybridized carbons (Fsp3) is 0.429. The van der Waals surface area contributed by atoms with Gasteiger partial charge in [-0.15, -0.1) is 0 Å². The Hall–Kier alpha value is -3.43. The van der Waals surface area contributed by atoms with Gasteiger partial charge in [0.2, 0.25) is 5.95 Å². The van der Waals surface area contributed by atoms with Gasteiger partial charge >= 0.3 is 12.1 Å². The Balaban J connectivity index is 1.69. The van der Waals surface area contributed by atoms with E-state index in [-0.39, 0.29) is 36.3 Å². The number of carbonyl (C=O) groups excluding carboxylic acids is 1. The lowest BCUT2D eigenvalue weighted by Crippen LogP contribution is -2.54. The standard InChI is InChI=1S/C21H25FN6O3/c1-12-4-3-5-16(22)17(12)27-11-13-10-24-19(23)25-18(13)28(20(27)29)15-8-6-14(7-9-15)26(2)21(30)31/h3-5,10,14-15H,6-9,11H2,1-2H3,(H,30,31)(H2,23,24,25). The van der Waals surface area contributed by atoms with Crippen molar-refractivity contribution < 1.29 is 19.1 Å². The molecule has 9 nitrogen and oxygen atoms in total. The van der Waals surface area contributed by atoms with Crippen LogP contribution in [0, 0.1) is 12.7 Å². The average molecular weight is 428 g/mol. The third-order valence-corrected chi connectivity index (χ3v) is 6.19. The van der Waals surface area contributed by atoms with Crippen molar-refractivity contribution in [1.82, 2.24) is 14.9 Å². The number of halogens is 1. The van der Waals surface area contributed by atoms with Crippen molar-refractivity contribution in [3.8, 4) is 0 Å². The number of urea groups is 1. The lowest BCUT2D eigenvalue weighted by molar-refractivity contribution is 0.124. The molecule has 1 aromatic heterocycles. The minimum Gasteiger partial charge on any atom is -0.465 e. The van der Waals surface area contributed by atoms with Gasteiger partial charge in [-0.1, -0.05) is 12.1 Å². The van der Waals surface area contributed by atoms with Crippen LogP contribution in [0.1, 0.15) is 36.8 Å². The van der Waals surface area contributed by atoms with Crippen molar-refractivity contribution >= 4 is 29.6 Å². The summed E-state index contributed by atoms with van der Waals surface area (Å²) < 4.78 is 14.7. The normalized spacial score (nSPS) is 21.1. The molecular weight excluding hydrogens is 403 g/mol. The van der Waals surface area contributed by atoms with Crippen LogP contribution in [0.3, 0.4) is 0 Å². The smallest absolute Gasteiger partial charge is 0.407 e. The van der Waals surface area contributed by atoms with Crippen LogP contribution in [0.2, 0.25) is 0 Å². The molecule has 0 unspecified atom stereocenters. The fourth-order valence-corrected chi connectivity index (χ4v) is 4.52. The van der Waals surface area contributed by atoms with Crippen molar-refractivity contribution in [2.24, 2.45) is 0 Å². The predicted molar refractivity (Wildman–Crippen MR) is 113 cm³/mol. The van der Waals surface area contributed by atoms with Gasteiger partial charge in [-0.3, -0.25) is 9.80 Å². The molecule has 0 spiro atoms. The minimum absolute atomic E-state index is 0.0615. The first-order valence-corrected chi connectivity index (χ1v) is 10.2. The van der Waals surface area contributed by atoms with Crippen molar-refractivity contribution in [3.63, 3.8) is 0 Å². The Kier molecular flexibility index (Phi) is 5.38. The van der Waals surface area contributed by atoms with Gasteiger partial charge in [-0.05, 0) is 44.2 Å². The van der Waals surface area contributed by atoms with Gasteiger partial charge in [0, 0.05) is 30.9 Å². The number of fused-ring (bicyclic) bond motifs is 1. The SMILES string of the molecule is Cc1cccc(F)c1N1Cc2cnc(N)nc2N(C2CCC(N(C)C(=O)O)CC2)C1=O. The first kappa shape index (κ1) is 20.8. The van der Waals surface area contributed by atoms with Crippen LogP contribution < -0.4 is 15.5 Å². The Bertz CT molecular complexity index is 1000. The summed E-state index contributed by atoms with van der Waals surface area (Å²) in [5.41, 5.74) is 7.37. The Morgan fingerprint density at radius 1 is 1.29 bits per heavy atom. The molecule has 0 radical (unpaired) electrons. The molecule has 1 fully saturated rings. The zero-order chi connectivity index (χ0) is 22.3. The summed E-state index contributed by atoms with van der Waals surface area (Å²) in [5.74, 6) is 0.0315. The van der Waals surface area contributed by atoms with Gasteiger partial charge < -0.3 is 15.7 Å². The van der Waals surface area contributed by atoms with Gasteiger partial charge in [0.15, 0.2) is 0 Å². The number of rotatable bonds is 3. The van der Waals surface area contributed by atoms with E-state index in [9.17, 15) is 19.1 Å². The first-order chi connectivity index (χ1) is 14.8. The molecule has 3 amide bonds. The maximum Gasteiger partial charge on any atom is 0.407 e. The molecule has 164 valence electrons. The predicted octanol–water partition coefficient (Wildman–Crippen LogP) is 3.37. The molecule has 10 heteroatoms. The van der Waals surface area contributed by atoms with E-state index in [2.05, 4.69) is 9.97 Å². The van der Waals surface area contributed by atoms with Gasteiger partial charge in [-0.2, -0.15) is 4.98 Å². The fourth-order valence-electron chi connectivity index (χ4n) is 4.52. The van der Waals surface area contributed by atoms with Gasteiger partial charge in [0.05, 0.1) is 12.2 Å². The monoisotopic (exact) mass is 428 g/mol. The lowest BCUT2D eigenvalue weighted by Gasteiger charge is -2.43. The van der Waals surface area contributed by atoms with Crippen LogP contribution in [0.5, 0.6) is 0 Å². The van der Waals surface area contributed by atoms with Crippen molar-refractivity contribution in [1.29, 1.82) is 0 Å². The van der Waals surface area contributed by atoms with E-state index in [4.69, 9.17) is 5.73 Å². The Labute approximate surface area is 179 Å². The molecule has 1 aliphatic carbocycles. The average Bonchev–Trinajstić information content (AvgIpc) is 2.74. The van der Waals surface area contributed by atoms with E-state index in [0.717, 1.165) is 0 Å². The Morgan fingerprint density at radius 3 is 2.65 bits per heavy atom. The first-order valence-electron chi connectivity index (χ1n) is 10.2.